The van der Waals surface area contributed by atoms with Crippen LogP contribution in [0.2, 0.25) is 0 Å². The second-order valence-corrected chi connectivity index (χ2v) is 4.56. The van der Waals surface area contributed by atoms with E-state index in [-0.39, 0.29) is 18.4 Å². The lowest BCUT2D eigenvalue weighted by Crippen LogP contribution is -2.32. The highest BCUT2D eigenvalue weighted by Gasteiger charge is 2.20. The number of nitrogens with zero attached hydrogens (tertiary/aromatic N) is 1. The number of aliphatic hydroxyl groups is 1. The first-order chi connectivity index (χ1) is 9.15. The van der Waals surface area contributed by atoms with Crippen molar-refractivity contribution in [2.45, 2.75) is 19.8 Å². The van der Waals surface area contributed by atoms with E-state index >= 15 is 0 Å². The zero-order valence-corrected chi connectivity index (χ0v) is 11.0. The van der Waals surface area contributed by atoms with Gasteiger partial charge < -0.3 is 15.3 Å². The van der Waals surface area contributed by atoms with Gasteiger partial charge in [0.05, 0.1) is 6.42 Å². The van der Waals surface area contributed by atoms with E-state index in [2.05, 4.69) is 5.32 Å². The summed E-state index contributed by atoms with van der Waals surface area (Å²) in [6, 6.07) is 5.28. The van der Waals surface area contributed by atoms with Gasteiger partial charge in [0.15, 0.2) is 0 Å². The van der Waals surface area contributed by atoms with Crippen molar-refractivity contribution in [2.24, 2.45) is 0 Å². The molecule has 0 saturated heterocycles. The fourth-order valence-corrected chi connectivity index (χ4v) is 2.21. The van der Waals surface area contributed by atoms with Crippen molar-refractivity contribution in [3.05, 3.63) is 29.3 Å². The van der Waals surface area contributed by atoms with Crippen molar-refractivity contribution in [3.63, 3.8) is 0 Å². The highest BCUT2D eigenvalue weighted by atomic mass is 16.3. The van der Waals surface area contributed by atoms with Crippen LogP contribution in [0.25, 0.3) is 0 Å². The average molecular weight is 262 g/mol. The predicted molar refractivity (Wildman–Crippen MR) is 72.1 cm³/mol. The van der Waals surface area contributed by atoms with Crippen LogP contribution in [0, 0.1) is 0 Å². The molecule has 0 saturated carbocycles. The van der Waals surface area contributed by atoms with E-state index in [9.17, 15) is 9.59 Å². The lowest BCUT2D eigenvalue weighted by Gasteiger charge is -2.20. The molecular weight excluding hydrogens is 244 g/mol. The number of amides is 2. The smallest absolute Gasteiger partial charge is 0.253 e. The van der Waals surface area contributed by atoms with Crippen LogP contribution in [0.15, 0.2) is 18.2 Å². The number of nitrogens with one attached hydrogen (secondary N) is 1. The van der Waals surface area contributed by atoms with Gasteiger partial charge in [0.2, 0.25) is 5.91 Å². The van der Waals surface area contributed by atoms with Crippen molar-refractivity contribution in [3.8, 4) is 0 Å². The molecule has 2 rings (SSSR count). The van der Waals surface area contributed by atoms with Crippen LogP contribution in [0.4, 0.5) is 5.69 Å². The van der Waals surface area contributed by atoms with E-state index in [1.54, 1.807) is 23.1 Å². The largest absolute Gasteiger partial charge is 0.396 e. The second-order valence-electron chi connectivity index (χ2n) is 4.56. The van der Waals surface area contributed by atoms with Gasteiger partial charge in [-0.3, -0.25) is 9.59 Å². The molecule has 2 amide bonds. The molecule has 0 spiro atoms. The molecule has 0 bridgehead atoms. The van der Waals surface area contributed by atoms with Crippen molar-refractivity contribution in [2.75, 3.05) is 25.0 Å². The molecular formula is C14H18N2O3. The highest BCUT2D eigenvalue weighted by Crippen LogP contribution is 2.24. The first-order valence-corrected chi connectivity index (χ1v) is 6.48. The molecule has 0 aliphatic carbocycles. The first kappa shape index (κ1) is 13.5. The van der Waals surface area contributed by atoms with Crippen LogP contribution in [-0.2, 0) is 11.2 Å². The van der Waals surface area contributed by atoms with Gasteiger partial charge in [0, 0.05) is 30.9 Å². The number of hydrogen-bond acceptors (Lipinski definition) is 3. The molecule has 5 heteroatoms. The van der Waals surface area contributed by atoms with Crippen LogP contribution in [0.3, 0.4) is 0 Å². The highest BCUT2D eigenvalue weighted by molar-refractivity contribution is 6.01. The van der Waals surface area contributed by atoms with E-state index in [1.165, 1.54) is 0 Å². The van der Waals surface area contributed by atoms with Gasteiger partial charge in [0.1, 0.15) is 0 Å². The average Bonchev–Trinajstić information content (AvgIpc) is 2.78. The topological polar surface area (TPSA) is 69.6 Å². The van der Waals surface area contributed by atoms with Crippen LogP contribution in [0.1, 0.15) is 29.3 Å². The standard InChI is InChI=1S/C14H18N2O3/c1-2-16(6-3-7-17)14(19)10-4-5-12-11(8-10)9-13(18)15-12/h4-5,8,17H,2-3,6-7,9H2,1H3,(H,15,18). The molecule has 0 fully saturated rings. The van der Waals surface area contributed by atoms with E-state index in [1.807, 2.05) is 6.92 Å². The molecule has 1 aromatic rings. The Kier molecular flexibility index (Phi) is 4.16. The molecule has 0 unspecified atom stereocenters. The van der Waals surface area contributed by atoms with E-state index in [0.717, 1.165) is 11.3 Å². The predicted octanol–water partition coefficient (Wildman–Crippen LogP) is 1.03. The van der Waals surface area contributed by atoms with Crippen LogP contribution in [0.5, 0.6) is 0 Å². The Morgan fingerprint density at radius 1 is 1.47 bits per heavy atom. The molecule has 1 aromatic carbocycles. The summed E-state index contributed by atoms with van der Waals surface area (Å²) in [5.41, 5.74) is 2.25. The first-order valence-electron chi connectivity index (χ1n) is 6.48. The number of aliphatic hydroxyl groups excluding tert-OH is 1. The van der Waals surface area contributed by atoms with Crippen molar-refractivity contribution >= 4 is 17.5 Å². The van der Waals surface area contributed by atoms with Crippen molar-refractivity contribution in [1.82, 2.24) is 4.90 Å². The number of rotatable bonds is 5. The third-order valence-electron chi connectivity index (χ3n) is 3.23. The Bertz CT molecular complexity index is 499. The Balaban J connectivity index is 2.15. The molecule has 0 aromatic heterocycles. The molecule has 0 atom stereocenters. The number of anilines is 1. The summed E-state index contributed by atoms with van der Waals surface area (Å²) in [6.45, 7) is 3.13. The minimum atomic E-state index is -0.0573. The maximum atomic E-state index is 12.3. The minimum Gasteiger partial charge on any atom is -0.396 e. The van der Waals surface area contributed by atoms with Gasteiger partial charge in [0.25, 0.3) is 5.91 Å². The maximum Gasteiger partial charge on any atom is 0.253 e. The molecule has 19 heavy (non-hydrogen) atoms. The molecule has 0 radical (unpaired) electrons. The molecule has 2 N–H and O–H groups in total. The summed E-state index contributed by atoms with van der Waals surface area (Å²) in [4.78, 5) is 25.3. The van der Waals surface area contributed by atoms with Gasteiger partial charge in [-0.15, -0.1) is 0 Å². The number of carbonyl (C=O) groups is 2. The van der Waals surface area contributed by atoms with E-state index < -0.39 is 0 Å². The van der Waals surface area contributed by atoms with Crippen LogP contribution < -0.4 is 5.32 Å². The zero-order valence-electron chi connectivity index (χ0n) is 11.0. The quantitative estimate of drug-likeness (QED) is 0.832. The number of benzene rings is 1. The Morgan fingerprint density at radius 2 is 2.26 bits per heavy atom. The van der Waals surface area contributed by atoms with Gasteiger partial charge >= 0.3 is 0 Å². The lowest BCUT2D eigenvalue weighted by molar-refractivity contribution is -0.115. The third kappa shape index (κ3) is 2.93. The molecule has 1 aliphatic heterocycles. The lowest BCUT2D eigenvalue weighted by atomic mass is 10.1. The monoisotopic (exact) mass is 262 g/mol. The summed E-state index contributed by atoms with van der Waals surface area (Å²) >= 11 is 0. The minimum absolute atomic E-state index is 0.0350. The molecule has 1 heterocycles. The summed E-state index contributed by atoms with van der Waals surface area (Å²) in [6.07, 6.45) is 0.907. The fourth-order valence-electron chi connectivity index (χ4n) is 2.21. The number of fused-ring (bicyclic) bond motifs is 1. The number of hydrogen-bond donors (Lipinski definition) is 2. The van der Waals surface area contributed by atoms with Crippen LogP contribution in [-0.4, -0.2) is 41.5 Å². The Hall–Kier alpha value is -1.88. The fraction of sp³-hybridized carbons (Fsp3) is 0.429. The second kappa shape index (κ2) is 5.84. The summed E-state index contributed by atoms with van der Waals surface area (Å²) in [5.74, 6) is -0.0923. The van der Waals surface area contributed by atoms with Gasteiger partial charge in [-0.25, -0.2) is 0 Å². The van der Waals surface area contributed by atoms with Gasteiger partial charge in [-0.1, -0.05) is 0 Å². The summed E-state index contributed by atoms with van der Waals surface area (Å²) < 4.78 is 0. The normalized spacial score (nSPS) is 13.1. The molecule has 1 aliphatic rings. The SMILES string of the molecule is CCN(CCCO)C(=O)c1ccc2c(c1)CC(=O)N2. The maximum absolute atomic E-state index is 12.3. The summed E-state index contributed by atoms with van der Waals surface area (Å²) in [5, 5.41) is 11.6. The van der Waals surface area contributed by atoms with Crippen molar-refractivity contribution in [1.29, 1.82) is 0 Å². The Morgan fingerprint density at radius 3 is 2.95 bits per heavy atom. The molecule has 5 nitrogen and oxygen atoms in total. The van der Waals surface area contributed by atoms with Crippen molar-refractivity contribution < 1.29 is 14.7 Å². The van der Waals surface area contributed by atoms with Crippen LogP contribution >= 0.6 is 0 Å². The van der Waals surface area contributed by atoms with Gasteiger partial charge in [-0.2, -0.15) is 0 Å². The third-order valence-corrected chi connectivity index (χ3v) is 3.23. The molecule has 102 valence electrons. The zero-order chi connectivity index (χ0) is 13.8. The van der Waals surface area contributed by atoms with E-state index in [4.69, 9.17) is 5.11 Å². The number of carbonyl (C=O) groups excluding carboxylic acids is 2. The summed E-state index contributed by atoms with van der Waals surface area (Å²) in [7, 11) is 0. The van der Waals surface area contributed by atoms with E-state index in [0.29, 0.717) is 31.5 Å². The van der Waals surface area contributed by atoms with Gasteiger partial charge in [-0.05, 0) is 37.1 Å². The Labute approximate surface area is 112 Å².